The molecule has 0 N–H and O–H groups in total. The van der Waals surface area contributed by atoms with Crippen LogP contribution in [-0.4, -0.2) is 26.9 Å². The molecule has 146 valence electrons. The van der Waals surface area contributed by atoms with Crippen LogP contribution in [0.4, 0.5) is 0 Å². The number of rotatable bonds is 5. The van der Waals surface area contributed by atoms with Crippen LogP contribution in [0.15, 0.2) is 64.0 Å². The molecule has 1 fully saturated rings. The minimum atomic E-state index is -3.81. The summed E-state index contributed by atoms with van der Waals surface area (Å²) in [5.41, 5.74) is 1.29. The predicted octanol–water partition coefficient (Wildman–Crippen LogP) is 3.74. The molecule has 1 unspecified atom stereocenters. The Morgan fingerprint density at radius 2 is 1.89 bits per heavy atom. The first-order valence-corrected chi connectivity index (χ1v) is 10.7. The molecule has 2 heterocycles. The summed E-state index contributed by atoms with van der Waals surface area (Å²) in [6.45, 7) is 0.574. The van der Waals surface area contributed by atoms with Crippen LogP contribution in [0.25, 0.3) is 22.1 Å². The Kier molecular flexibility index (Phi) is 5.19. The third-order valence-corrected chi connectivity index (χ3v) is 5.94. The van der Waals surface area contributed by atoms with Gasteiger partial charge in [-0.1, -0.05) is 30.3 Å². The average molecular weight is 400 g/mol. The lowest BCUT2D eigenvalue weighted by Gasteiger charge is -2.22. The van der Waals surface area contributed by atoms with E-state index >= 15 is 0 Å². The smallest absolute Gasteiger partial charge is 0.311 e. The van der Waals surface area contributed by atoms with Gasteiger partial charge in [0.05, 0.1) is 17.1 Å². The molecule has 0 aliphatic carbocycles. The van der Waals surface area contributed by atoms with E-state index in [1.807, 2.05) is 30.3 Å². The third kappa shape index (κ3) is 4.10. The summed E-state index contributed by atoms with van der Waals surface area (Å²) in [4.78, 5) is 12.8. The maximum Gasteiger partial charge on any atom is 0.311 e. The zero-order chi connectivity index (χ0) is 19.6. The van der Waals surface area contributed by atoms with E-state index in [2.05, 4.69) is 0 Å². The van der Waals surface area contributed by atoms with E-state index in [4.69, 9.17) is 13.3 Å². The van der Waals surface area contributed by atoms with E-state index < -0.39 is 10.1 Å². The molecule has 0 saturated carbocycles. The summed E-state index contributed by atoms with van der Waals surface area (Å²) in [7, 11) is -3.81. The molecule has 1 aliphatic heterocycles. The molecule has 0 radical (unpaired) electrons. The van der Waals surface area contributed by atoms with Crippen molar-refractivity contribution in [1.29, 1.82) is 0 Å². The average Bonchev–Trinajstić information content (AvgIpc) is 2.69. The minimum absolute atomic E-state index is 0.110. The van der Waals surface area contributed by atoms with E-state index in [1.165, 1.54) is 24.5 Å². The van der Waals surface area contributed by atoms with Crippen LogP contribution in [0.2, 0.25) is 0 Å². The van der Waals surface area contributed by atoms with Crippen LogP contribution in [0.3, 0.4) is 0 Å². The molecule has 28 heavy (non-hydrogen) atoms. The van der Waals surface area contributed by atoms with Crippen LogP contribution in [0.1, 0.15) is 19.3 Å². The summed E-state index contributed by atoms with van der Waals surface area (Å²) in [5, 5.41) is 0.363. The number of hydrogen-bond donors (Lipinski definition) is 0. The van der Waals surface area contributed by atoms with Crippen molar-refractivity contribution in [2.75, 3.05) is 12.4 Å². The summed E-state index contributed by atoms with van der Waals surface area (Å²) in [5.74, 6) is -0.0824. The van der Waals surface area contributed by atoms with Crippen LogP contribution in [0, 0.1) is 0 Å². The van der Waals surface area contributed by atoms with Crippen LogP contribution in [0.5, 0.6) is 5.75 Å². The molecular formula is C21H20O6S. The Bertz CT molecular complexity index is 1130. The molecule has 4 rings (SSSR count). The molecule has 0 spiro atoms. The quantitative estimate of drug-likeness (QED) is 0.607. The van der Waals surface area contributed by atoms with Gasteiger partial charge < -0.3 is 13.3 Å². The number of ether oxygens (including phenoxy) is 1. The maximum absolute atomic E-state index is 12.8. The van der Waals surface area contributed by atoms with E-state index in [9.17, 15) is 13.2 Å². The standard InChI is InChI=1S/C21H20O6S/c22-21-18-10-9-16(27-28(23,24)14-17-8-4-5-11-25-17)12-20(18)26-13-19(21)15-6-2-1-3-7-15/h1-3,6-7,9-10,12-13,17H,4-5,8,11,14H2. The van der Waals surface area contributed by atoms with Crippen molar-refractivity contribution in [1.82, 2.24) is 0 Å². The molecule has 1 atom stereocenters. The van der Waals surface area contributed by atoms with Crippen molar-refractivity contribution in [2.24, 2.45) is 0 Å². The van der Waals surface area contributed by atoms with Gasteiger partial charge in [0.15, 0.2) is 5.43 Å². The lowest BCUT2D eigenvalue weighted by Crippen LogP contribution is -2.29. The SMILES string of the molecule is O=c1c(-c2ccccc2)coc2cc(OS(=O)(=O)CC3CCCCO3)ccc12. The van der Waals surface area contributed by atoms with Gasteiger partial charge in [-0.05, 0) is 37.0 Å². The normalized spacial score (nSPS) is 17.5. The topological polar surface area (TPSA) is 82.8 Å². The van der Waals surface area contributed by atoms with Gasteiger partial charge in [0, 0.05) is 12.7 Å². The van der Waals surface area contributed by atoms with Crippen LogP contribution >= 0.6 is 0 Å². The van der Waals surface area contributed by atoms with Crippen molar-refractivity contribution in [3.63, 3.8) is 0 Å². The summed E-state index contributed by atoms with van der Waals surface area (Å²) >= 11 is 0. The zero-order valence-corrected chi connectivity index (χ0v) is 16.0. The third-order valence-electron chi connectivity index (χ3n) is 4.72. The van der Waals surface area contributed by atoms with Crippen LogP contribution < -0.4 is 9.61 Å². The number of benzene rings is 2. The summed E-state index contributed by atoms with van der Waals surface area (Å²) in [6, 6.07) is 13.6. The molecule has 2 aromatic carbocycles. The molecule has 0 bridgehead atoms. The molecule has 1 saturated heterocycles. The summed E-state index contributed by atoms with van der Waals surface area (Å²) in [6.07, 6.45) is 3.65. The molecule has 7 heteroatoms. The lowest BCUT2D eigenvalue weighted by atomic mass is 10.1. The first-order chi connectivity index (χ1) is 13.5. The molecular weight excluding hydrogens is 380 g/mol. The van der Waals surface area contributed by atoms with Gasteiger partial charge in [0.1, 0.15) is 23.3 Å². The highest BCUT2D eigenvalue weighted by Crippen LogP contribution is 2.24. The van der Waals surface area contributed by atoms with Gasteiger partial charge in [-0.2, -0.15) is 8.42 Å². The minimum Gasteiger partial charge on any atom is -0.463 e. The fraction of sp³-hybridized carbons (Fsp3) is 0.286. The fourth-order valence-corrected chi connectivity index (χ4v) is 4.51. The van der Waals surface area contributed by atoms with E-state index in [0.29, 0.717) is 24.0 Å². The fourth-order valence-electron chi connectivity index (χ4n) is 3.32. The van der Waals surface area contributed by atoms with Gasteiger partial charge in [0.2, 0.25) is 0 Å². The largest absolute Gasteiger partial charge is 0.463 e. The second-order valence-electron chi connectivity index (χ2n) is 6.80. The Labute approximate surface area is 162 Å². The Morgan fingerprint density at radius 3 is 2.64 bits per heavy atom. The van der Waals surface area contributed by atoms with Gasteiger partial charge in [-0.15, -0.1) is 0 Å². The Balaban J connectivity index is 1.59. The van der Waals surface area contributed by atoms with Crippen molar-refractivity contribution >= 4 is 21.1 Å². The Hall–Kier alpha value is -2.64. The van der Waals surface area contributed by atoms with E-state index in [0.717, 1.165) is 18.4 Å². The number of hydrogen-bond acceptors (Lipinski definition) is 6. The van der Waals surface area contributed by atoms with Gasteiger partial charge >= 0.3 is 10.1 Å². The maximum atomic E-state index is 12.8. The second-order valence-corrected chi connectivity index (χ2v) is 8.41. The molecule has 1 aliphatic rings. The highest BCUT2D eigenvalue weighted by Gasteiger charge is 2.24. The van der Waals surface area contributed by atoms with Crippen molar-refractivity contribution in [3.05, 3.63) is 65.0 Å². The van der Waals surface area contributed by atoms with Gasteiger partial charge in [-0.3, -0.25) is 4.79 Å². The first-order valence-electron chi connectivity index (χ1n) is 9.17. The monoisotopic (exact) mass is 400 g/mol. The van der Waals surface area contributed by atoms with Crippen LogP contribution in [-0.2, 0) is 14.9 Å². The van der Waals surface area contributed by atoms with Crippen molar-refractivity contribution in [2.45, 2.75) is 25.4 Å². The van der Waals surface area contributed by atoms with Crippen molar-refractivity contribution in [3.8, 4) is 16.9 Å². The van der Waals surface area contributed by atoms with E-state index in [-0.39, 0.29) is 28.6 Å². The molecule has 6 nitrogen and oxygen atoms in total. The lowest BCUT2D eigenvalue weighted by molar-refractivity contribution is 0.0298. The van der Waals surface area contributed by atoms with Gasteiger partial charge in [-0.25, -0.2) is 0 Å². The van der Waals surface area contributed by atoms with Crippen molar-refractivity contribution < 1.29 is 21.8 Å². The molecule has 3 aromatic rings. The summed E-state index contributed by atoms with van der Waals surface area (Å²) < 4.78 is 40.9. The molecule has 0 amide bonds. The highest BCUT2D eigenvalue weighted by atomic mass is 32.2. The predicted molar refractivity (Wildman–Crippen MR) is 106 cm³/mol. The highest BCUT2D eigenvalue weighted by molar-refractivity contribution is 7.87. The van der Waals surface area contributed by atoms with E-state index in [1.54, 1.807) is 0 Å². The Morgan fingerprint density at radius 1 is 1.07 bits per heavy atom. The zero-order valence-electron chi connectivity index (χ0n) is 15.2. The first kappa shape index (κ1) is 18.7. The van der Waals surface area contributed by atoms with Gasteiger partial charge in [0.25, 0.3) is 0 Å². The molecule has 1 aromatic heterocycles. The number of fused-ring (bicyclic) bond motifs is 1. The second kappa shape index (κ2) is 7.77.